The minimum atomic E-state index is -0.900. The number of amides is 1. The number of halogens is 1. The molecule has 0 saturated heterocycles. The Balaban J connectivity index is 1.92. The van der Waals surface area contributed by atoms with E-state index in [1.807, 2.05) is 18.2 Å². The van der Waals surface area contributed by atoms with Gasteiger partial charge in [0.25, 0.3) is 5.91 Å². The number of rotatable bonds is 4. The van der Waals surface area contributed by atoms with Crippen LogP contribution >= 0.6 is 11.6 Å². The molecule has 1 aromatic rings. The highest BCUT2D eigenvalue weighted by molar-refractivity contribution is 6.32. The first kappa shape index (κ1) is 17.0. The number of allylic oxidation sites excluding steroid dienone is 2. The Bertz CT molecular complexity index is 679. The normalized spacial score (nSPS) is 17.9. The molecule has 0 bridgehead atoms. The van der Waals surface area contributed by atoms with E-state index in [1.54, 1.807) is 6.07 Å². The van der Waals surface area contributed by atoms with Crippen molar-refractivity contribution >= 4 is 29.2 Å². The van der Waals surface area contributed by atoms with Crippen molar-refractivity contribution < 1.29 is 14.3 Å². The molecule has 0 heterocycles. The SMILES string of the molecule is C[C@H](OC(=O)[C@@H]1CC=CCC1)C(=O)Nc1ccc(C#N)c(Cl)c1. The maximum Gasteiger partial charge on any atom is 0.310 e. The van der Waals surface area contributed by atoms with E-state index in [0.717, 1.165) is 12.8 Å². The summed E-state index contributed by atoms with van der Waals surface area (Å²) >= 11 is 5.91. The molecule has 23 heavy (non-hydrogen) atoms. The van der Waals surface area contributed by atoms with Gasteiger partial charge in [0.05, 0.1) is 16.5 Å². The lowest BCUT2D eigenvalue weighted by Crippen LogP contribution is -2.32. The van der Waals surface area contributed by atoms with Gasteiger partial charge >= 0.3 is 5.97 Å². The fraction of sp³-hybridized carbons (Fsp3) is 0.353. The third kappa shape index (κ3) is 4.57. The zero-order valence-electron chi connectivity index (χ0n) is 12.7. The zero-order valence-corrected chi connectivity index (χ0v) is 13.5. The molecule has 1 aliphatic rings. The predicted octanol–water partition coefficient (Wildman–Crippen LogP) is 3.44. The van der Waals surface area contributed by atoms with Gasteiger partial charge in [-0.25, -0.2) is 0 Å². The van der Waals surface area contributed by atoms with E-state index in [2.05, 4.69) is 5.32 Å². The molecule has 0 saturated carbocycles. The Kier molecular flexibility index (Phi) is 5.78. The van der Waals surface area contributed by atoms with Crippen molar-refractivity contribution in [3.63, 3.8) is 0 Å². The second-order valence-corrected chi connectivity index (χ2v) is 5.76. The van der Waals surface area contributed by atoms with Crippen molar-refractivity contribution in [1.82, 2.24) is 0 Å². The van der Waals surface area contributed by atoms with Crippen LogP contribution in [0.3, 0.4) is 0 Å². The number of benzene rings is 1. The Hall–Kier alpha value is -2.32. The smallest absolute Gasteiger partial charge is 0.310 e. The van der Waals surface area contributed by atoms with Crippen molar-refractivity contribution in [2.45, 2.75) is 32.3 Å². The molecule has 5 nitrogen and oxygen atoms in total. The molecule has 0 fully saturated rings. The third-order valence-electron chi connectivity index (χ3n) is 3.62. The molecule has 1 N–H and O–H groups in total. The largest absolute Gasteiger partial charge is 0.452 e. The van der Waals surface area contributed by atoms with E-state index in [-0.39, 0.29) is 16.9 Å². The molecule has 6 heteroatoms. The van der Waals surface area contributed by atoms with Gasteiger partial charge in [0.1, 0.15) is 6.07 Å². The monoisotopic (exact) mass is 332 g/mol. The van der Waals surface area contributed by atoms with Crippen molar-refractivity contribution in [3.05, 3.63) is 40.9 Å². The van der Waals surface area contributed by atoms with Crippen LogP contribution in [0.15, 0.2) is 30.4 Å². The molecule has 0 aliphatic heterocycles. The van der Waals surface area contributed by atoms with Crippen LogP contribution in [0, 0.1) is 17.2 Å². The molecule has 0 radical (unpaired) electrons. The fourth-order valence-corrected chi connectivity index (χ4v) is 2.48. The lowest BCUT2D eigenvalue weighted by Gasteiger charge is -2.19. The molecule has 1 aliphatic carbocycles. The van der Waals surface area contributed by atoms with Gasteiger partial charge < -0.3 is 10.1 Å². The quantitative estimate of drug-likeness (QED) is 0.676. The number of nitriles is 1. The van der Waals surface area contributed by atoms with Gasteiger partial charge in [0.15, 0.2) is 6.10 Å². The fourth-order valence-electron chi connectivity index (χ4n) is 2.26. The highest BCUT2D eigenvalue weighted by Gasteiger charge is 2.25. The topological polar surface area (TPSA) is 79.2 Å². The van der Waals surface area contributed by atoms with E-state index < -0.39 is 12.0 Å². The first-order valence-corrected chi connectivity index (χ1v) is 7.75. The molecule has 2 atom stereocenters. The molecule has 0 aromatic heterocycles. The van der Waals surface area contributed by atoms with Crippen LogP contribution in [0.2, 0.25) is 5.02 Å². The first-order valence-electron chi connectivity index (χ1n) is 7.37. The van der Waals surface area contributed by atoms with Crippen LogP contribution in [0.4, 0.5) is 5.69 Å². The summed E-state index contributed by atoms with van der Waals surface area (Å²) in [6.45, 7) is 1.52. The summed E-state index contributed by atoms with van der Waals surface area (Å²) in [6.07, 6.45) is 5.34. The third-order valence-corrected chi connectivity index (χ3v) is 3.93. The number of carbonyl (C=O) groups excluding carboxylic acids is 2. The number of nitrogens with zero attached hydrogens (tertiary/aromatic N) is 1. The molecule has 0 unspecified atom stereocenters. The number of esters is 1. The lowest BCUT2D eigenvalue weighted by atomic mass is 9.95. The lowest BCUT2D eigenvalue weighted by molar-refractivity contribution is -0.157. The van der Waals surface area contributed by atoms with E-state index in [4.69, 9.17) is 21.6 Å². The van der Waals surface area contributed by atoms with Gasteiger partial charge in [-0.1, -0.05) is 23.8 Å². The summed E-state index contributed by atoms with van der Waals surface area (Å²) in [5.41, 5.74) is 0.775. The van der Waals surface area contributed by atoms with Crippen LogP contribution in [-0.4, -0.2) is 18.0 Å². The second-order valence-electron chi connectivity index (χ2n) is 5.36. The highest BCUT2D eigenvalue weighted by atomic mass is 35.5. The van der Waals surface area contributed by atoms with E-state index >= 15 is 0 Å². The zero-order chi connectivity index (χ0) is 16.8. The number of hydrogen-bond acceptors (Lipinski definition) is 4. The molecule has 1 amide bonds. The summed E-state index contributed by atoms with van der Waals surface area (Å²) in [7, 11) is 0. The molecule has 2 rings (SSSR count). The summed E-state index contributed by atoms with van der Waals surface area (Å²) < 4.78 is 5.23. The van der Waals surface area contributed by atoms with Gasteiger partial charge in [0, 0.05) is 5.69 Å². The van der Waals surface area contributed by atoms with Crippen molar-refractivity contribution in [2.24, 2.45) is 5.92 Å². The molecular weight excluding hydrogens is 316 g/mol. The Morgan fingerprint density at radius 2 is 2.22 bits per heavy atom. The van der Waals surface area contributed by atoms with Gasteiger partial charge in [-0.05, 0) is 44.4 Å². The Morgan fingerprint density at radius 3 is 2.83 bits per heavy atom. The summed E-state index contributed by atoms with van der Waals surface area (Å²) in [6, 6.07) is 6.52. The average molecular weight is 333 g/mol. The van der Waals surface area contributed by atoms with E-state index in [0.29, 0.717) is 17.7 Å². The second kappa shape index (κ2) is 7.80. The Labute approximate surface area is 139 Å². The van der Waals surface area contributed by atoms with Gasteiger partial charge in [-0.3, -0.25) is 9.59 Å². The van der Waals surface area contributed by atoms with Crippen molar-refractivity contribution in [2.75, 3.05) is 5.32 Å². The minimum absolute atomic E-state index is 0.181. The maximum atomic E-state index is 12.1. The highest BCUT2D eigenvalue weighted by Crippen LogP contribution is 2.22. The number of carbonyl (C=O) groups is 2. The number of anilines is 1. The van der Waals surface area contributed by atoms with Gasteiger partial charge in [-0.15, -0.1) is 0 Å². The Morgan fingerprint density at radius 1 is 1.43 bits per heavy atom. The van der Waals surface area contributed by atoms with Crippen LogP contribution in [0.1, 0.15) is 31.7 Å². The van der Waals surface area contributed by atoms with Gasteiger partial charge in [-0.2, -0.15) is 5.26 Å². The molecule has 0 spiro atoms. The van der Waals surface area contributed by atoms with Crippen LogP contribution in [0.5, 0.6) is 0 Å². The summed E-state index contributed by atoms with van der Waals surface area (Å²) in [5.74, 6) is -0.972. The van der Waals surface area contributed by atoms with Crippen LogP contribution < -0.4 is 5.32 Å². The summed E-state index contributed by atoms with van der Waals surface area (Å²) in [4.78, 5) is 24.1. The average Bonchev–Trinajstić information content (AvgIpc) is 2.55. The molecule has 1 aromatic carbocycles. The summed E-state index contributed by atoms with van der Waals surface area (Å²) in [5, 5.41) is 11.7. The first-order chi connectivity index (χ1) is 11.0. The van der Waals surface area contributed by atoms with E-state index in [9.17, 15) is 9.59 Å². The molecule has 120 valence electrons. The number of nitrogens with one attached hydrogen (secondary N) is 1. The predicted molar refractivity (Wildman–Crippen MR) is 86.8 cm³/mol. The van der Waals surface area contributed by atoms with Crippen molar-refractivity contribution in [3.8, 4) is 6.07 Å². The number of ether oxygens (including phenoxy) is 1. The molecular formula is C17H17ClN2O3. The van der Waals surface area contributed by atoms with Crippen LogP contribution in [-0.2, 0) is 14.3 Å². The van der Waals surface area contributed by atoms with E-state index in [1.165, 1.54) is 19.1 Å². The van der Waals surface area contributed by atoms with Crippen LogP contribution in [0.25, 0.3) is 0 Å². The maximum absolute atomic E-state index is 12.1. The standard InChI is InChI=1S/C17H17ClN2O3/c1-11(23-17(22)12-5-3-2-4-6-12)16(21)20-14-8-7-13(10-19)15(18)9-14/h2-3,7-9,11-12H,4-6H2,1H3,(H,20,21)/t11-,12+/m0/s1. The minimum Gasteiger partial charge on any atom is -0.452 e. The van der Waals surface area contributed by atoms with Gasteiger partial charge in [0.2, 0.25) is 0 Å². The van der Waals surface area contributed by atoms with Crippen molar-refractivity contribution in [1.29, 1.82) is 5.26 Å². The number of hydrogen-bond donors (Lipinski definition) is 1.